The second kappa shape index (κ2) is 6.78. The Morgan fingerprint density at radius 2 is 2.29 bits per heavy atom. The number of hydrogen-bond acceptors (Lipinski definition) is 3. The van der Waals surface area contributed by atoms with Crippen molar-refractivity contribution in [3.05, 3.63) is 28.8 Å². The van der Waals surface area contributed by atoms with Crippen molar-refractivity contribution < 1.29 is 19.4 Å². The van der Waals surface area contributed by atoms with Crippen molar-refractivity contribution in [1.29, 1.82) is 0 Å². The maximum atomic E-state index is 12.2. The minimum absolute atomic E-state index is 0.0219. The summed E-state index contributed by atoms with van der Waals surface area (Å²) in [5.41, 5.74) is 0.201. The van der Waals surface area contributed by atoms with Gasteiger partial charge in [0.1, 0.15) is 0 Å². The van der Waals surface area contributed by atoms with Gasteiger partial charge in [0.05, 0.1) is 24.0 Å². The second-order valence-electron chi connectivity index (χ2n) is 4.77. The van der Waals surface area contributed by atoms with Gasteiger partial charge >= 0.3 is 12.0 Å². The maximum Gasteiger partial charge on any atom is 0.337 e. The first-order valence-electron chi connectivity index (χ1n) is 6.71. The molecule has 2 N–H and O–H groups in total. The highest BCUT2D eigenvalue weighted by Gasteiger charge is 2.24. The van der Waals surface area contributed by atoms with Gasteiger partial charge in [-0.25, -0.2) is 9.59 Å². The molecule has 1 atom stereocenters. The summed E-state index contributed by atoms with van der Waals surface area (Å²) in [4.78, 5) is 25.0. The van der Waals surface area contributed by atoms with Crippen molar-refractivity contribution in [1.82, 2.24) is 4.90 Å². The van der Waals surface area contributed by atoms with Gasteiger partial charge in [-0.1, -0.05) is 18.5 Å². The van der Waals surface area contributed by atoms with Crippen LogP contribution in [-0.4, -0.2) is 47.8 Å². The number of carbonyl (C=O) groups is 2. The van der Waals surface area contributed by atoms with E-state index in [2.05, 4.69) is 5.32 Å². The predicted molar refractivity (Wildman–Crippen MR) is 79.0 cm³/mol. The number of nitrogens with one attached hydrogen (secondary N) is 1. The molecule has 1 aromatic carbocycles. The maximum absolute atomic E-state index is 12.2. The van der Waals surface area contributed by atoms with Gasteiger partial charge in [-0.05, 0) is 24.6 Å². The fourth-order valence-corrected chi connectivity index (χ4v) is 2.32. The van der Waals surface area contributed by atoms with Gasteiger partial charge < -0.3 is 20.1 Å². The average molecular weight is 313 g/mol. The van der Waals surface area contributed by atoms with Crippen LogP contribution in [0.2, 0.25) is 5.02 Å². The molecule has 1 unspecified atom stereocenters. The van der Waals surface area contributed by atoms with Gasteiger partial charge in [0.2, 0.25) is 0 Å². The van der Waals surface area contributed by atoms with E-state index >= 15 is 0 Å². The molecule has 7 heteroatoms. The molecule has 1 aliphatic rings. The number of amides is 2. The highest BCUT2D eigenvalue weighted by atomic mass is 35.5. The molecule has 0 saturated carbocycles. The molecule has 0 bridgehead atoms. The first-order chi connectivity index (χ1) is 10.0. The molecule has 1 aromatic rings. The van der Waals surface area contributed by atoms with Crippen molar-refractivity contribution in [3.63, 3.8) is 0 Å². The Hall–Kier alpha value is -1.79. The summed E-state index contributed by atoms with van der Waals surface area (Å²) in [6, 6.07) is 4.01. The molecule has 0 radical (unpaired) electrons. The summed E-state index contributed by atoms with van der Waals surface area (Å²) in [5, 5.41) is 12.1. The van der Waals surface area contributed by atoms with Crippen LogP contribution in [0.1, 0.15) is 23.7 Å². The van der Waals surface area contributed by atoms with E-state index < -0.39 is 5.97 Å². The Labute approximate surface area is 127 Å². The lowest BCUT2D eigenvalue weighted by molar-refractivity contribution is -0.0134. The molecule has 6 nitrogen and oxygen atoms in total. The minimum atomic E-state index is -1.14. The van der Waals surface area contributed by atoms with E-state index in [4.69, 9.17) is 21.4 Å². The van der Waals surface area contributed by atoms with E-state index in [9.17, 15) is 9.59 Å². The number of nitrogens with zero attached hydrogens (tertiary/aromatic N) is 1. The lowest BCUT2D eigenvalue weighted by Gasteiger charge is -2.32. The third kappa shape index (κ3) is 3.86. The number of morpholine rings is 1. The minimum Gasteiger partial charge on any atom is -0.478 e. The van der Waals surface area contributed by atoms with Crippen LogP contribution >= 0.6 is 11.6 Å². The zero-order valence-electron chi connectivity index (χ0n) is 11.6. The van der Waals surface area contributed by atoms with E-state index in [-0.39, 0.29) is 23.4 Å². The average Bonchev–Trinajstić information content (AvgIpc) is 2.48. The van der Waals surface area contributed by atoms with E-state index in [1.54, 1.807) is 4.90 Å². The zero-order valence-corrected chi connectivity index (χ0v) is 12.4. The van der Waals surface area contributed by atoms with Crippen molar-refractivity contribution in [2.75, 3.05) is 25.0 Å². The fraction of sp³-hybridized carbons (Fsp3) is 0.429. The quantitative estimate of drug-likeness (QED) is 0.899. The molecule has 1 fully saturated rings. The van der Waals surface area contributed by atoms with Crippen LogP contribution in [0.3, 0.4) is 0 Å². The summed E-state index contributed by atoms with van der Waals surface area (Å²) >= 11 is 5.78. The Morgan fingerprint density at radius 1 is 1.52 bits per heavy atom. The zero-order chi connectivity index (χ0) is 15.4. The van der Waals surface area contributed by atoms with Gasteiger partial charge in [-0.3, -0.25) is 0 Å². The van der Waals surface area contributed by atoms with E-state index in [0.717, 1.165) is 6.42 Å². The monoisotopic (exact) mass is 312 g/mol. The molecular weight excluding hydrogens is 296 g/mol. The number of benzene rings is 1. The lowest BCUT2D eigenvalue weighted by atomic mass is 10.2. The van der Waals surface area contributed by atoms with Crippen LogP contribution in [0.15, 0.2) is 18.2 Å². The normalized spacial score (nSPS) is 18.4. The van der Waals surface area contributed by atoms with Crippen LogP contribution in [0.4, 0.5) is 10.5 Å². The fourth-order valence-electron chi connectivity index (χ4n) is 2.15. The van der Waals surface area contributed by atoms with Crippen LogP contribution in [-0.2, 0) is 4.74 Å². The Balaban J connectivity index is 2.11. The molecule has 0 aromatic heterocycles. The topological polar surface area (TPSA) is 78.9 Å². The summed E-state index contributed by atoms with van der Waals surface area (Å²) in [7, 11) is 0. The van der Waals surface area contributed by atoms with Crippen molar-refractivity contribution in [2.45, 2.75) is 19.4 Å². The molecule has 0 spiro atoms. The lowest BCUT2D eigenvalue weighted by Crippen LogP contribution is -2.47. The molecule has 21 heavy (non-hydrogen) atoms. The SMILES string of the molecule is CCC1CN(C(=O)Nc2ccc(Cl)cc2C(=O)O)CCO1. The van der Waals surface area contributed by atoms with Gasteiger partial charge in [-0.2, -0.15) is 0 Å². The van der Waals surface area contributed by atoms with Crippen molar-refractivity contribution in [2.24, 2.45) is 0 Å². The van der Waals surface area contributed by atoms with Crippen molar-refractivity contribution in [3.8, 4) is 0 Å². The first kappa shape index (κ1) is 15.6. The summed E-state index contributed by atoms with van der Waals surface area (Å²) in [6.07, 6.45) is 0.846. The number of urea groups is 1. The Morgan fingerprint density at radius 3 is 2.95 bits per heavy atom. The standard InChI is InChI=1S/C14H17ClN2O4/c1-2-10-8-17(5-6-21-10)14(20)16-12-4-3-9(15)7-11(12)13(18)19/h3-4,7,10H,2,5-6,8H2,1H3,(H,16,20)(H,18,19). The molecule has 1 heterocycles. The number of hydrogen-bond donors (Lipinski definition) is 2. The molecule has 1 aliphatic heterocycles. The Bertz CT molecular complexity index is 550. The molecule has 0 aliphatic carbocycles. The number of anilines is 1. The molecule has 114 valence electrons. The Kier molecular flexibility index (Phi) is 5.03. The van der Waals surface area contributed by atoms with E-state index in [1.807, 2.05) is 6.92 Å². The molecule has 1 saturated heterocycles. The van der Waals surface area contributed by atoms with Gasteiger partial charge in [0.15, 0.2) is 0 Å². The second-order valence-corrected chi connectivity index (χ2v) is 5.21. The number of ether oxygens (including phenoxy) is 1. The number of carboxylic acids is 1. The number of aromatic carboxylic acids is 1. The molecular formula is C14H17ClN2O4. The van der Waals surface area contributed by atoms with E-state index in [0.29, 0.717) is 24.7 Å². The summed E-state index contributed by atoms with van der Waals surface area (Å²) in [5.74, 6) is -1.14. The van der Waals surface area contributed by atoms with Crippen LogP contribution < -0.4 is 5.32 Å². The predicted octanol–water partition coefficient (Wildman–Crippen LogP) is 2.68. The molecule has 2 amide bonds. The third-order valence-corrected chi connectivity index (χ3v) is 3.57. The van der Waals surface area contributed by atoms with Crippen LogP contribution in [0.5, 0.6) is 0 Å². The van der Waals surface area contributed by atoms with Crippen LogP contribution in [0, 0.1) is 0 Å². The summed E-state index contributed by atoms with van der Waals surface area (Å²) in [6.45, 7) is 3.46. The number of rotatable bonds is 3. The molecule has 2 rings (SSSR count). The van der Waals surface area contributed by atoms with Crippen LogP contribution in [0.25, 0.3) is 0 Å². The largest absolute Gasteiger partial charge is 0.478 e. The van der Waals surface area contributed by atoms with Gasteiger partial charge in [0.25, 0.3) is 0 Å². The number of carbonyl (C=O) groups excluding carboxylic acids is 1. The third-order valence-electron chi connectivity index (χ3n) is 3.33. The first-order valence-corrected chi connectivity index (χ1v) is 7.09. The number of carboxylic acid groups (broad SMARTS) is 1. The highest BCUT2D eigenvalue weighted by molar-refractivity contribution is 6.31. The summed E-state index contributed by atoms with van der Waals surface area (Å²) < 4.78 is 5.50. The smallest absolute Gasteiger partial charge is 0.337 e. The van der Waals surface area contributed by atoms with Gasteiger partial charge in [-0.15, -0.1) is 0 Å². The van der Waals surface area contributed by atoms with Gasteiger partial charge in [0, 0.05) is 18.1 Å². The number of halogens is 1. The highest BCUT2D eigenvalue weighted by Crippen LogP contribution is 2.21. The van der Waals surface area contributed by atoms with E-state index in [1.165, 1.54) is 18.2 Å². The van der Waals surface area contributed by atoms with Crippen molar-refractivity contribution >= 4 is 29.3 Å².